The van der Waals surface area contributed by atoms with Gasteiger partial charge in [0.05, 0.1) is 22.1 Å². The maximum Gasteiger partial charge on any atom is 0.164 e. The zero-order valence-electron chi connectivity index (χ0n) is 30.4. The smallest absolute Gasteiger partial charge is 0.164 e. The van der Waals surface area contributed by atoms with E-state index in [2.05, 4.69) is 187 Å². The maximum atomic E-state index is 5.12. The highest BCUT2D eigenvalue weighted by molar-refractivity contribution is 6.12. The van der Waals surface area contributed by atoms with Gasteiger partial charge in [0.1, 0.15) is 0 Å². The van der Waals surface area contributed by atoms with Crippen LogP contribution in [0, 0.1) is 0 Å². The summed E-state index contributed by atoms with van der Waals surface area (Å²) >= 11 is 0. The predicted octanol–water partition coefficient (Wildman–Crippen LogP) is 12.3. The molecule has 0 fully saturated rings. The number of hydrogen-bond acceptors (Lipinski definition) is 3. The highest BCUT2D eigenvalue weighted by Gasteiger charge is 2.45. The van der Waals surface area contributed by atoms with E-state index in [0.717, 1.165) is 22.3 Å². The lowest BCUT2D eigenvalue weighted by molar-refractivity contribution is 0.728. The highest BCUT2D eigenvalue weighted by Crippen LogP contribution is 2.54. The summed E-state index contributed by atoms with van der Waals surface area (Å²) < 4.78 is 2.47. The van der Waals surface area contributed by atoms with Crippen molar-refractivity contribution in [2.75, 3.05) is 0 Å². The minimum absolute atomic E-state index is 0.583. The van der Waals surface area contributed by atoms with Crippen LogP contribution in [0.15, 0.2) is 206 Å². The van der Waals surface area contributed by atoms with Crippen molar-refractivity contribution in [2.24, 2.45) is 0 Å². The molecule has 0 saturated heterocycles. The van der Waals surface area contributed by atoms with Gasteiger partial charge in [-0.25, -0.2) is 15.0 Å². The fourth-order valence-electron chi connectivity index (χ4n) is 8.84. The van der Waals surface area contributed by atoms with Crippen LogP contribution in [0.5, 0.6) is 0 Å². The van der Waals surface area contributed by atoms with Crippen molar-refractivity contribution in [3.05, 3.63) is 229 Å². The van der Waals surface area contributed by atoms with Gasteiger partial charge in [0.2, 0.25) is 0 Å². The Balaban J connectivity index is 1.10. The molecule has 0 bridgehead atoms. The standard InChI is InChI=1S/C52H34N4/c1-4-15-35(16-5-1)36-27-29-38(30-28-36)50-53-49(37-17-6-2-7-18-37)54-51(55-50)39-31-33-41(34-32-39)52(40-19-8-3-9-20-40)44-23-11-13-26-47(44)56-46-25-12-10-21-42(46)43-22-14-24-45(52)48(43)56/h1-34H. The molecule has 1 unspecified atom stereocenters. The molecule has 1 aliphatic heterocycles. The molecule has 262 valence electrons. The fraction of sp³-hybridized carbons (Fsp3) is 0.0192. The van der Waals surface area contributed by atoms with Gasteiger partial charge in [-0.3, -0.25) is 0 Å². The number of aromatic nitrogens is 4. The van der Waals surface area contributed by atoms with E-state index in [4.69, 9.17) is 15.0 Å². The first-order valence-electron chi connectivity index (χ1n) is 19.0. The summed E-state index contributed by atoms with van der Waals surface area (Å²) in [6, 6.07) is 73.4. The molecular weight excluding hydrogens is 681 g/mol. The van der Waals surface area contributed by atoms with Gasteiger partial charge >= 0.3 is 0 Å². The number of rotatable bonds is 6. The molecule has 0 aliphatic carbocycles. The Hall–Kier alpha value is -7.43. The third-order valence-corrected chi connectivity index (χ3v) is 11.3. The van der Waals surface area contributed by atoms with Gasteiger partial charge in [0.15, 0.2) is 17.5 Å². The molecule has 56 heavy (non-hydrogen) atoms. The second-order valence-electron chi connectivity index (χ2n) is 14.4. The molecule has 1 aliphatic rings. The fourth-order valence-corrected chi connectivity index (χ4v) is 8.84. The maximum absolute atomic E-state index is 5.12. The largest absolute Gasteiger partial charge is 0.309 e. The number of para-hydroxylation sites is 3. The second kappa shape index (κ2) is 12.9. The van der Waals surface area contributed by atoms with Crippen molar-refractivity contribution in [3.63, 3.8) is 0 Å². The topological polar surface area (TPSA) is 43.6 Å². The number of fused-ring (bicyclic) bond motifs is 5. The van der Waals surface area contributed by atoms with Gasteiger partial charge < -0.3 is 4.57 Å². The van der Waals surface area contributed by atoms with Crippen LogP contribution in [0.4, 0.5) is 0 Å². The van der Waals surface area contributed by atoms with Crippen molar-refractivity contribution in [3.8, 4) is 51.0 Å². The van der Waals surface area contributed by atoms with E-state index in [0.29, 0.717) is 17.5 Å². The summed E-state index contributed by atoms with van der Waals surface area (Å²) in [6.07, 6.45) is 0. The van der Waals surface area contributed by atoms with Gasteiger partial charge in [-0.2, -0.15) is 0 Å². The first kappa shape index (κ1) is 32.0. The molecule has 10 aromatic rings. The molecule has 11 rings (SSSR count). The highest BCUT2D eigenvalue weighted by atomic mass is 15.0. The van der Waals surface area contributed by atoms with Crippen LogP contribution in [0.1, 0.15) is 22.3 Å². The van der Waals surface area contributed by atoms with E-state index in [-0.39, 0.29) is 0 Å². The molecule has 0 amide bonds. The van der Waals surface area contributed by atoms with E-state index < -0.39 is 5.41 Å². The van der Waals surface area contributed by atoms with Crippen LogP contribution in [0.25, 0.3) is 72.8 Å². The number of benzene rings is 8. The SMILES string of the molecule is c1ccc(-c2ccc(-c3nc(-c4ccccc4)nc(-c4ccc(C5(c6ccccc6)c6ccccc6-n6c7ccccc7c7cccc5c76)cc4)n3)cc2)cc1. The van der Waals surface area contributed by atoms with Crippen LogP contribution in [-0.4, -0.2) is 19.5 Å². The predicted molar refractivity (Wildman–Crippen MR) is 228 cm³/mol. The molecule has 0 radical (unpaired) electrons. The Morgan fingerprint density at radius 2 is 0.768 bits per heavy atom. The Kier molecular flexibility index (Phi) is 7.36. The summed E-state index contributed by atoms with van der Waals surface area (Å²) in [7, 11) is 0. The van der Waals surface area contributed by atoms with Crippen LogP contribution >= 0.6 is 0 Å². The summed E-state index contributed by atoms with van der Waals surface area (Å²) in [6.45, 7) is 0. The van der Waals surface area contributed by atoms with E-state index in [1.54, 1.807) is 0 Å². The first-order chi connectivity index (χ1) is 27.8. The van der Waals surface area contributed by atoms with Crippen LogP contribution < -0.4 is 0 Å². The average Bonchev–Trinajstić information content (AvgIpc) is 3.63. The second-order valence-corrected chi connectivity index (χ2v) is 14.4. The van der Waals surface area contributed by atoms with E-state index in [1.807, 2.05) is 24.3 Å². The molecule has 4 heteroatoms. The lowest BCUT2D eigenvalue weighted by Crippen LogP contribution is -2.35. The molecule has 4 nitrogen and oxygen atoms in total. The summed E-state index contributed by atoms with van der Waals surface area (Å²) in [4.78, 5) is 15.2. The van der Waals surface area contributed by atoms with Gasteiger partial charge in [-0.05, 0) is 45.5 Å². The average molecular weight is 715 g/mol. The van der Waals surface area contributed by atoms with Crippen molar-refractivity contribution in [2.45, 2.75) is 5.41 Å². The minimum atomic E-state index is -0.583. The van der Waals surface area contributed by atoms with Crippen LogP contribution in [0.3, 0.4) is 0 Å². The van der Waals surface area contributed by atoms with Gasteiger partial charge in [0, 0.05) is 27.5 Å². The van der Waals surface area contributed by atoms with Crippen LogP contribution in [-0.2, 0) is 5.41 Å². The van der Waals surface area contributed by atoms with Gasteiger partial charge in [-0.1, -0.05) is 194 Å². The zero-order valence-corrected chi connectivity index (χ0v) is 30.4. The van der Waals surface area contributed by atoms with Crippen molar-refractivity contribution in [1.29, 1.82) is 0 Å². The minimum Gasteiger partial charge on any atom is -0.309 e. The quantitative estimate of drug-likeness (QED) is 0.172. The molecule has 1 atom stereocenters. The van der Waals surface area contributed by atoms with Gasteiger partial charge in [-0.15, -0.1) is 0 Å². The molecular formula is C52H34N4. The molecule has 8 aromatic carbocycles. The molecule has 0 spiro atoms. The molecule has 2 aromatic heterocycles. The summed E-state index contributed by atoms with van der Waals surface area (Å²) in [5.74, 6) is 1.91. The Labute approximate surface area is 325 Å². The molecule has 3 heterocycles. The van der Waals surface area contributed by atoms with Crippen molar-refractivity contribution < 1.29 is 0 Å². The van der Waals surface area contributed by atoms with Crippen molar-refractivity contribution in [1.82, 2.24) is 19.5 Å². The number of nitrogens with zero attached hydrogens (tertiary/aromatic N) is 4. The monoisotopic (exact) mass is 714 g/mol. The third-order valence-electron chi connectivity index (χ3n) is 11.3. The Bertz CT molecular complexity index is 3040. The van der Waals surface area contributed by atoms with E-state index in [1.165, 1.54) is 55.3 Å². The molecule has 0 N–H and O–H groups in total. The summed E-state index contributed by atoms with van der Waals surface area (Å²) in [5, 5.41) is 2.51. The van der Waals surface area contributed by atoms with E-state index in [9.17, 15) is 0 Å². The Morgan fingerprint density at radius 3 is 1.45 bits per heavy atom. The number of hydrogen-bond donors (Lipinski definition) is 0. The Morgan fingerprint density at radius 1 is 0.321 bits per heavy atom. The summed E-state index contributed by atoms with van der Waals surface area (Å²) in [5.41, 5.74) is 13.1. The molecule has 0 saturated carbocycles. The lowest BCUT2D eigenvalue weighted by atomic mass is 9.63. The van der Waals surface area contributed by atoms with Crippen LogP contribution in [0.2, 0.25) is 0 Å². The van der Waals surface area contributed by atoms with Crippen molar-refractivity contribution >= 4 is 21.8 Å². The first-order valence-corrected chi connectivity index (χ1v) is 19.0. The van der Waals surface area contributed by atoms with Gasteiger partial charge in [0.25, 0.3) is 0 Å². The van der Waals surface area contributed by atoms with E-state index >= 15 is 0 Å². The lowest BCUT2D eigenvalue weighted by Gasteiger charge is -2.41. The third kappa shape index (κ3) is 4.89. The zero-order chi connectivity index (χ0) is 37.1. The normalized spacial score (nSPS) is 14.5.